The first kappa shape index (κ1) is 18.4. The minimum absolute atomic E-state index is 0.155. The molecule has 2 heterocycles. The first-order chi connectivity index (χ1) is 13.2. The Kier molecular flexibility index (Phi) is 5.99. The van der Waals surface area contributed by atoms with Crippen LogP contribution in [0.5, 0.6) is 11.5 Å². The molecule has 3 aromatic rings. The van der Waals surface area contributed by atoms with Crippen molar-refractivity contribution in [2.45, 2.75) is 13.1 Å². The van der Waals surface area contributed by atoms with Crippen LogP contribution in [0.1, 0.15) is 17.1 Å². The predicted molar refractivity (Wildman–Crippen MR) is 100 cm³/mol. The molecule has 6 nitrogen and oxygen atoms in total. The third-order valence-corrected chi connectivity index (χ3v) is 3.99. The Bertz CT molecular complexity index is 845. The highest BCUT2D eigenvalue weighted by atomic mass is 16.5. The Morgan fingerprint density at radius 1 is 0.963 bits per heavy atom. The van der Waals surface area contributed by atoms with Gasteiger partial charge in [0.05, 0.1) is 39.8 Å². The third-order valence-electron chi connectivity index (χ3n) is 3.99. The van der Waals surface area contributed by atoms with Crippen molar-refractivity contribution < 1.29 is 23.1 Å². The molecule has 0 bridgehead atoms. The molecule has 0 atom stereocenters. The minimum atomic E-state index is -0.155. The molecular weight excluding hydrogens is 346 g/mol. The molecular formula is C21H21NO5. The van der Waals surface area contributed by atoms with E-state index in [0.29, 0.717) is 36.1 Å². The topological polar surface area (TPSA) is 65.0 Å². The van der Waals surface area contributed by atoms with E-state index in [1.54, 1.807) is 55.9 Å². The first-order valence-corrected chi connectivity index (χ1v) is 8.43. The van der Waals surface area contributed by atoms with Crippen molar-refractivity contribution >= 4 is 12.0 Å². The molecule has 0 radical (unpaired) electrons. The van der Waals surface area contributed by atoms with Gasteiger partial charge in [-0.25, -0.2) is 0 Å². The Balaban J connectivity index is 1.75. The summed E-state index contributed by atoms with van der Waals surface area (Å²) in [6.07, 6.45) is 6.43. The number of methoxy groups -OCH3 is 2. The van der Waals surface area contributed by atoms with Crippen LogP contribution in [0, 0.1) is 0 Å². The van der Waals surface area contributed by atoms with Gasteiger partial charge in [0.15, 0.2) is 11.5 Å². The maximum absolute atomic E-state index is 12.7. The molecule has 140 valence electrons. The van der Waals surface area contributed by atoms with Crippen molar-refractivity contribution in [3.05, 3.63) is 78.2 Å². The number of furan rings is 2. The van der Waals surface area contributed by atoms with Crippen LogP contribution in [0.25, 0.3) is 6.08 Å². The number of amides is 1. The standard InChI is InChI=1S/C21H21NO5/c1-24-19-9-7-16(13-20(19)25-2)8-10-21(23)22(14-17-5-3-11-26-17)15-18-6-4-12-27-18/h3-13H,14-15H2,1-2H3/b10-8+. The van der Waals surface area contributed by atoms with Crippen LogP contribution in [-0.2, 0) is 17.9 Å². The molecule has 27 heavy (non-hydrogen) atoms. The lowest BCUT2D eigenvalue weighted by atomic mass is 10.2. The molecule has 0 saturated heterocycles. The second-order valence-electron chi connectivity index (χ2n) is 5.80. The third kappa shape index (κ3) is 4.82. The lowest BCUT2D eigenvalue weighted by Crippen LogP contribution is -2.28. The molecule has 6 heteroatoms. The fourth-order valence-corrected chi connectivity index (χ4v) is 2.62. The van der Waals surface area contributed by atoms with E-state index in [0.717, 1.165) is 5.56 Å². The number of carbonyl (C=O) groups excluding carboxylic acids is 1. The average Bonchev–Trinajstić information content (AvgIpc) is 3.39. The van der Waals surface area contributed by atoms with Crippen LogP contribution in [0.2, 0.25) is 0 Å². The summed E-state index contributed by atoms with van der Waals surface area (Å²) in [6, 6.07) is 12.7. The van der Waals surface area contributed by atoms with E-state index in [9.17, 15) is 4.79 Å². The Morgan fingerprint density at radius 2 is 1.59 bits per heavy atom. The lowest BCUT2D eigenvalue weighted by molar-refractivity contribution is -0.127. The van der Waals surface area contributed by atoms with E-state index < -0.39 is 0 Å². The molecule has 0 aliphatic rings. The molecule has 0 fully saturated rings. The molecule has 0 aliphatic carbocycles. The summed E-state index contributed by atoms with van der Waals surface area (Å²) in [6.45, 7) is 0.700. The van der Waals surface area contributed by atoms with Crippen LogP contribution in [-0.4, -0.2) is 25.0 Å². The highest BCUT2D eigenvalue weighted by Gasteiger charge is 2.15. The van der Waals surface area contributed by atoms with Gasteiger partial charge in [-0.05, 0) is 48.0 Å². The van der Waals surface area contributed by atoms with E-state index in [2.05, 4.69) is 0 Å². The van der Waals surface area contributed by atoms with Gasteiger partial charge in [0.2, 0.25) is 5.91 Å². The largest absolute Gasteiger partial charge is 0.493 e. The fraction of sp³-hybridized carbons (Fsp3) is 0.190. The number of rotatable bonds is 8. The van der Waals surface area contributed by atoms with Crippen molar-refractivity contribution in [2.75, 3.05) is 14.2 Å². The molecule has 0 unspecified atom stereocenters. The number of hydrogen-bond donors (Lipinski definition) is 0. The zero-order chi connectivity index (χ0) is 19.1. The van der Waals surface area contributed by atoms with E-state index >= 15 is 0 Å². The van der Waals surface area contributed by atoms with Crippen molar-refractivity contribution in [1.29, 1.82) is 0 Å². The number of carbonyl (C=O) groups is 1. The predicted octanol–water partition coefficient (Wildman–Crippen LogP) is 4.13. The van der Waals surface area contributed by atoms with Crippen LogP contribution >= 0.6 is 0 Å². The molecule has 1 aromatic carbocycles. The molecule has 0 aliphatic heterocycles. The molecule has 0 N–H and O–H groups in total. The van der Waals surface area contributed by atoms with Gasteiger partial charge in [0.1, 0.15) is 11.5 Å². The monoisotopic (exact) mass is 367 g/mol. The summed E-state index contributed by atoms with van der Waals surface area (Å²) >= 11 is 0. The number of ether oxygens (including phenoxy) is 2. The molecule has 0 spiro atoms. The molecule has 2 aromatic heterocycles. The summed E-state index contributed by atoms with van der Waals surface area (Å²) < 4.78 is 21.3. The first-order valence-electron chi connectivity index (χ1n) is 8.43. The maximum Gasteiger partial charge on any atom is 0.247 e. The smallest absolute Gasteiger partial charge is 0.247 e. The van der Waals surface area contributed by atoms with Gasteiger partial charge in [-0.3, -0.25) is 4.79 Å². The highest BCUT2D eigenvalue weighted by Crippen LogP contribution is 2.28. The maximum atomic E-state index is 12.7. The van der Waals surface area contributed by atoms with Gasteiger partial charge in [0, 0.05) is 6.08 Å². The summed E-state index contributed by atoms with van der Waals surface area (Å²) in [5.74, 6) is 2.50. The van der Waals surface area contributed by atoms with Crippen LogP contribution in [0.4, 0.5) is 0 Å². The van der Waals surface area contributed by atoms with Gasteiger partial charge in [-0.1, -0.05) is 6.07 Å². The van der Waals surface area contributed by atoms with Gasteiger partial charge in [0.25, 0.3) is 0 Å². The van der Waals surface area contributed by atoms with E-state index in [1.807, 2.05) is 24.3 Å². The van der Waals surface area contributed by atoms with Crippen LogP contribution in [0.3, 0.4) is 0 Å². The highest BCUT2D eigenvalue weighted by molar-refractivity contribution is 5.91. The number of benzene rings is 1. The zero-order valence-electron chi connectivity index (χ0n) is 15.3. The average molecular weight is 367 g/mol. The Labute approximate surface area is 157 Å². The zero-order valence-corrected chi connectivity index (χ0v) is 15.3. The van der Waals surface area contributed by atoms with Crippen LogP contribution in [0.15, 0.2) is 69.9 Å². The van der Waals surface area contributed by atoms with E-state index in [4.69, 9.17) is 18.3 Å². The molecule has 0 saturated carbocycles. The molecule has 1 amide bonds. The normalized spacial score (nSPS) is 10.9. The van der Waals surface area contributed by atoms with E-state index in [1.165, 1.54) is 6.08 Å². The van der Waals surface area contributed by atoms with E-state index in [-0.39, 0.29) is 5.91 Å². The second-order valence-corrected chi connectivity index (χ2v) is 5.80. The van der Waals surface area contributed by atoms with Crippen molar-refractivity contribution in [1.82, 2.24) is 4.90 Å². The Morgan fingerprint density at radius 3 is 2.11 bits per heavy atom. The SMILES string of the molecule is COc1ccc(/C=C/C(=O)N(Cc2ccco2)Cc2ccco2)cc1OC. The summed E-state index contributed by atoms with van der Waals surface area (Å²) in [5, 5.41) is 0. The van der Waals surface area contributed by atoms with Crippen molar-refractivity contribution in [3.63, 3.8) is 0 Å². The quantitative estimate of drug-likeness (QED) is 0.560. The van der Waals surface area contributed by atoms with Gasteiger partial charge >= 0.3 is 0 Å². The summed E-state index contributed by atoms with van der Waals surface area (Å²) in [5.41, 5.74) is 0.831. The number of hydrogen-bond acceptors (Lipinski definition) is 5. The Hall–Kier alpha value is -3.41. The fourth-order valence-electron chi connectivity index (χ4n) is 2.62. The molecule has 3 rings (SSSR count). The minimum Gasteiger partial charge on any atom is -0.493 e. The second kappa shape index (κ2) is 8.80. The van der Waals surface area contributed by atoms with Crippen molar-refractivity contribution in [2.24, 2.45) is 0 Å². The van der Waals surface area contributed by atoms with Crippen LogP contribution < -0.4 is 9.47 Å². The van der Waals surface area contributed by atoms with Gasteiger partial charge in [-0.2, -0.15) is 0 Å². The summed E-state index contributed by atoms with van der Waals surface area (Å²) in [4.78, 5) is 14.4. The summed E-state index contributed by atoms with van der Waals surface area (Å²) in [7, 11) is 3.16. The van der Waals surface area contributed by atoms with Crippen molar-refractivity contribution in [3.8, 4) is 11.5 Å². The van der Waals surface area contributed by atoms with Gasteiger partial charge < -0.3 is 23.2 Å². The van der Waals surface area contributed by atoms with Gasteiger partial charge in [-0.15, -0.1) is 0 Å². The number of nitrogens with zero attached hydrogens (tertiary/aromatic N) is 1. The lowest BCUT2D eigenvalue weighted by Gasteiger charge is -2.18.